The molecule has 0 saturated carbocycles. The van der Waals surface area contributed by atoms with E-state index in [1.807, 2.05) is 0 Å². The molecule has 0 bridgehead atoms. The molecule has 21 heavy (non-hydrogen) atoms. The van der Waals surface area contributed by atoms with Crippen molar-refractivity contribution in [3.8, 4) is 0 Å². The SMILES string of the molecule is Cc1cc2c(n1CC1CCS(=O)(=O)C1)CC(C)(C)CC2O. The molecule has 2 aliphatic rings. The molecule has 0 amide bonds. The van der Waals surface area contributed by atoms with Crippen LogP contribution in [-0.4, -0.2) is 29.6 Å². The number of hydrogen-bond acceptors (Lipinski definition) is 3. The molecule has 1 N–H and O–H groups in total. The van der Waals surface area contributed by atoms with E-state index < -0.39 is 15.9 Å². The highest BCUT2D eigenvalue weighted by Crippen LogP contribution is 2.42. The smallest absolute Gasteiger partial charge is 0.150 e. The number of aromatic nitrogens is 1. The fourth-order valence-corrected chi connectivity index (χ4v) is 5.78. The van der Waals surface area contributed by atoms with E-state index in [1.165, 1.54) is 5.69 Å². The molecule has 2 atom stereocenters. The molecule has 0 spiro atoms. The van der Waals surface area contributed by atoms with Gasteiger partial charge in [0.25, 0.3) is 0 Å². The molecule has 1 aromatic rings. The van der Waals surface area contributed by atoms with Crippen LogP contribution in [0, 0.1) is 18.3 Å². The van der Waals surface area contributed by atoms with Crippen LogP contribution in [0.3, 0.4) is 0 Å². The molecule has 1 aliphatic heterocycles. The third-order valence-electron chi connectivity index (χ3n) is 4.97. The van der Waals surface area contributed by atoms with Gasteiger partial charge >= 0.3 is 0 Å². The Hall–Kier alpha value is -0.810. The number of sulfone groups is 1. The summed E-state index contributed by atoms with van der Waals surface area (Å²) in [7, 11) is -2.83. The summed E-state index contributed by atoms with van der Waals surface area (Å²) >= 11 is 0. The lowest BCUT2D eigenvalue weighted by molar-refractivity contribution is 0.0977. The minimum Gasteiger partial charge on any atom is -0.388 e. The van der Waals surface area contributed by atoms with E-state index in [4.69, 9.17) is 0 Å². The molecule has 1 saturated heterocycles. The maximum atomic E-state index is 11.6. The van der Waals surface area contributed by atoms with Crippen LogP contribution in [-0.2, 0) is 22.8 Å². The number of fused-ring (bicyclic) bond motifs is 1. The Balaban J connectivity index is 1.90. The molecule has 3 rings (SSSR count). The van der Waals surface area contributed by atoms with Gasteiger partial charge in [0, 0.05) is 23.5 Å². The maximum Gasteiger partial charge on any atom is 0.150 e. The van der Waals surface area contributed by atoms with E-state index in [0.29, 0.717) is 11.5 Å². The van der Waals surface area contributed by atoms with Gasteiger partial charge in [0.2, 0.25) is 0 Å². The summed E-state index contributed by atoms with van der Waals surface area (Å²) in [6.45, 7) is 7.20. The number of hydrogen-bond donors (Lipinski definition) is 1. The van der Waals surface area contributed by atoms with Gasteiger partial charge in [-0.2, -0.15) is 0 Å². The molecule has 0 radical (unpaired) electrons. The van der Waals surface area contributed by atoms with Gasteiger partial charge in [0.05, 0.1) is 17.6 Å². The second-order valence-electron chi connectivity index (χ2n) is 7.63. The predicted octanol–water partition coefficient (Wildman–Crippen LogP) is 2.24. The highest BCUT2D eigenvalue weighted by Gasteiger charge is 2.35. The van der Waals surface area contributed by atoms with E-state index in [-0.39, 0.29) is 11.3 Å². The van der Waals surface area contributed by atoms with Gasteiger partial charge in [-0.05, 0) is 43.6 Å². The number of aliphatic hydroxyl groups is 1. The van der Waals surface area contributed by atoms with Crippen molar-refractivity contribution in [2.45, 2.75) is 52.7 Å². The summed E-state index contributed by atoms with van der Waals surface area (Å²) in [5, 5.41) is 10.4. The lowest BCUT2D eigenvalue weighted by atomic mass is 9.75. The topological polar surface area (TPSA) is 59.3 Å². The Kier molecular flexibility index (Phi) is 3.49. The Labute approximate surface area is 127 Å². The zero-order valence-corrected chi connectivity index (χ0v) is 13.9. The average molecular weight is 311 g/mol. The molecule has 4 nitrogen and oxygen atoms in total. The number of rotatable bonds is 2. The zero-order chi connectivity index (χ0) is 15.4. The molecule has 1 aliphatic carbocycles. The molecule has 2 unspecified atom stereocenters. The minimum absolute atomic E-state index is 0.0940. The summed E-state index contributed by atoms with van der Waals surface area (Å²) in [6.07, 6.45) is 2.12. The van der Waals surface area contributed by atoms with Crippen molar-refractivity contribution in [1.29, 1.82) is 0 Å². The molecule has 1 aromatic heterocycles. The molecular formula is C16H25NO3S. The van der Waals surface area contributed by atoms with E-state index in [0.717, 1.165) is 37.1 Å². The van der Waals surface area contributed by atoms with Crippen molar-refractivity contribution in [2.24, 2.45) is 11.3 Å². The Bertz CT molecular complexity index is 657. The Morgan fingerprint density at radius 1 is 1.43 bits per heavy atom. The van der Waals surface area contributed by atoms with Crippen LogP contribution >= 0.6 is 0 Å². The molecule has 1 fully saturated rings. The first-order valence-electron chi connectivity index (χ1n) is 7.74. The third-order valence-corrected chi connectivity index (χ3v) is 6.80. The quantitative estimate of drug-likeness (QED) is 0.911. The van der Waals surface area contributed by atoms with Crippen LogP contribution in [0.2, 0.25) is 0 Å². The monoisotopic (exact) mass is 311 g/mol. The van der Waals surface area contributed by atoms with Crippen LogP contribution in [0.25, 0.3) is 0 Å². The van der Waals surface area contributed by atoms with Gasteiger partial charge in [-0.1, -0.05) is 13.8 Å². The van der Waals surface area contributed by atoms with E-state index in [2.05, 4.69) is 31.4 Å². The molecule has 118 valence electrons. The van der Waals surface area contributed by atoms with Crippen molar-refractivity contribution in [1.82, 2.24) is 4.57 Å². The zero-order valence-electron chi connectivity index (χ0n) is 13.1. The summed E-state index contributed by atoms with van der Waals surface area (Å²) in [4.78, 5) is 0. The van der Waals surface area contributed by atoms with Crippen molar-refractivity contribution in [3.63, 3.8) is 0 Å². The van der Waals surface area contributed by atoms with E-state index in [1.54, 1.807) is 0 Å². The predicted molar refractivity (Wildman–Crippen MR) is 83.0 cm³/mol. The number of aliphatic hydroxyl groups excluding tert-OH is 1. The van der Waals surface area contributed by atoms with Gasteiger partial charge in [-0.3, -0.25) is 0 Å². The van der Waals surface area contributed by atoms with Crippen molar-refractivity contribution < 1.29 is 13.5 Å². The van der Waals surface area contributed by atoms with Crippen molar-refractivity contribution in [3.05, 3.63) is 23.0 Å². The molecule has 5 heteroatoms. The third kappa shape index (κ3) is 2.90. The lowest BCUT2D eigenvalue weighted by Crippen LogP contribution is -2.27. The first kappa shape index (κ1) is 15.1. The van der Waals surface area contributed by atoms with Crippen molar-refractivity contribution >= 4 is 9.84 Å². The summed E-state index contributed by atoms with van der Waals surface area (Å²) in [6, 6.07) is 2.08. The normalized spacial score (nSPS) is 30.3. The fourth-order valence-electron chi connectivity index (χ4n) is 3.93. The van der Waals surface area contributed by atoms with E-state index >= 15 is 0 Å². The van der Waals surface area contributed by atoms with Crippen LogP contribution in [0.5, 0.6) is 0 Å². The highest BCUT2D eigenvalue weighted by molar-refractivity contribution is 7.91. The minimum atomic E-state index is -2.83. The van der Waals surface area contributed by atoms with Crippen LogP contribution < -0.4 is 0 Å². The Morgan fingerprint density at radius 2 is 2.14 bits per heavy atom. The Morgan fingerprint density at radius 3 is 2.76 bits per heavy atom. The van der Waals surface area contributed by atoms with Crippen LogP contribution in [0.4, 0.5) is 0 Å². The average Bonchev–Trinajstić information content (AvgIpc) is 2.81. The fraction of sp³-hybridized carbons (Fsp3) is 0.750. The highest BCUT2D eigenvalue weighted by atomic mass is 32.2. The molecule has 2 heterocycles. The summed E-state index contributed by atoms with van der Waals surface area (Å²) in [5.74, 6) is 0.854. The second kappa shape index (κ2) is 4.85. The van der Waals surface area contributed by atoms with Gasteiger partial charge < -0.3 is 9.67 Å². The molecular weight excluding hydrogens is 286 g/mol. The van der Waals surface area contributed by atoms with Crippen LogP contribution in [0.15, 0.2) is 6.07 Å². The number of aryl methyl sites for hydroxylation is 1. The summed E-state index contributed by atoms with van der Waals surface area (Å²) < 4.78 is 25.6. The second-order valence-corrected chi connectivity index (χ2v) is 9.86. The van der Waals surface area contributed by atoms with Gasteiger partial charge in [0.15, 0.2) is 9.84 Å². The lowest BCUT2D eigenvalue weighted by Gasteiger charge is -2.34. The first-order valence-corrected chi connectivity index (χ1v) is 9.56. The largest absolute Gasteiger partial charge is 0.388 e. The molecule has 0 aromatic carbocycles. The summed E-state index contributed by atoms with van der Waals surface area (Å²) in [5.41, 5.74) is 3.49. The van der Waals surface area contributed by atoms with Gasteiger partial charge in [-0.15, -0.1) is 0 Å². The standard InChI is InChI=1S/C16H25NO3S/c1-11-6-13-14(7-16(2,3)8-15(13)18)17(11)9-12-4-5-21(19,20)10-12/h6,12,15,18H,4-5,7-10H2,1-3H3. The van der Waals surface area contributed by atoms with Gasteiger partial charge in [-0.25, -0.2) is 8.42 Å². The van der Waals surface area contributed by atoms with Crippen LogP contribution in [0.1, 0.15) is 49.7 Å². The maximum absolute atomic E-state index is 11.6. The van der Waals surface area contributed by atoms with E-state index in [9.17, 15) is 13.5 Å². The first-order chi connectivity index (χ1) is 9.67. The number of nitrogens with zero attached hydrogens (tertiary/aromatic N) is 1. The van der Waals surface area contributed by atoms with Crippen molar-refractivity contribution in [2.75, 3.05) is 11.5 Å². The van der Waals surface area contributed by atoms with Gasteiger partial charge in [0.1, 0.15) is 0 Å².